The van der Waals surface area contributed by atoms with Crippen LogP contribution in [0, 0.1) is 0 Å². The number of aldehydes is 1. The summed E-state index contributed by atoms with van der Waals surface area (Å²) in [5.74, 6) is 0.566. The molecule has 1 aromatic rings. The van der Waals surface area contributed by atoms with Gasteiger partial charge in [-0.3, -0.25) is 9.69 Å². The van der Waals surface area contributed by atoms with E-state index in [9.17, 15) is 4.79 Å². The van der Waals surface area contributed by atoms with Crippen LogP contribution < -0.4 is 4.74 Å². The van der Waals surface area contributed by atoms with Gasteiger partial charge in [-0.2, -0.15) is 0 Å². The number of carbonyl (C=O) groups is 1. The smallest absolute Gasteiger partial charge is 0.153 e. The minimum absolute atomic E-state index is 0.544. The van der Waals surface area contributed by atoms with Gasteiger partial charge in [0.1, 0.15) is 12.4 Å². The lowest BCUT2D eigenvalue weighted by molar-refractivity contribution is 0.111. The Balaban J connectivity index is 1.82. The Morgan fingerprint density at radius 2 is 2.05 bits per heavy atom. The maximum absolute atomic E-state index is 10.9. The normalized spacial score (nSPS) is 17.4. The molecule has 1 aliphatic heterocycles. The molecule has 0 aromatic heterocycles. The van der Waals surface area contributed by atoms with E-state index in [0.29, 0.717) is 22.9 Å². The number of hydrogen-bond acceptors (Lipinski definition) is 4. The summed E-state index contributed by atoms with van der Waals surface area (Å²) in [7, 11) is 2.14. The first-order valence-electron chi connectivity index (χ1n) is 6.47. The number of hydrogen-bond donors (Lipinski definition) is 0. The highest BCUT2D eigenvalue weighted by Crippen LogP contribution is 2.22. The van der Waals surface area contributed by atoms with Crippen molar-refractivity contribution in [1.29, 1.82) is 0 Å². The maximum Gasteiger partial charge on any atom is 0.153 e. The van der Waals surface area contributed by atoms with Crippen LogP contribution in [-0.4, -0.2) is 62.5 Å². The molecular formula is C14H19ClN2O2. The molecule has 0 unspecified atom stereocenters. The van der Waals surface area contributed by atoms with Gasteiger partial charge in [0.05, 0.1) is 5.56 Å². The largest absolute Gasteiger partial charge is 0.491 e. The Kier molecular flexibility index (Phi) is 5.19. The Morgan fingerprint density at radius 1 is 1.32 bits per heavy atom. The first kappa shape index (κ1) is 14.3. The molecular weight excluding hydrogens is 264 g/mol. The molecule has 0 amide bonds. The minimum atomic E-state index is 0.544. The van der Waals surface area contributed by atoms with E-state index in [1.54, 1.807) is 18.2 Å². The molecule has 0 spiro atoms. The van der Waals surface area contributed by atoms with Crippen molar-refractivity contribution in [3.8, 4) is 5.75 Å². The van der Waals surface area contributed by atoms with E-state index >= 15 is 0 Å². The van der Waals surface area contributed by atoms with Crippen molar-refractivity contribution < 1.29 is 9.53 Å². The van der Waals surface area contributed by atoms with Crippen LogP contribution in [0.5, 0.6) is 5.75 Å². The second kappa shape index (κ2) is 6.89. The summed E-state index contributed by atoms with van der Waals surface area (Å²) < 4.78 is 5.67. The number of ether oxygens (including phenoxy) is 1. The van der Waals surface area contributed by atoms with E-state index in [0.717, 1.165) is 39.0 Å². The van der Waals surface area contributed by atoms with Gasteiger partial charge in [0.2, 0.25) is 0 Å². The molecule has 5 heteroatoms. The van der Waals surface area contributed by atoms with Crippen LogP contribution >= 0.6 is 11.6 Å². The average Bonchev–Trinajstić information content (AvgIpc) is 2.41. The quantitative estimate of drug-likeness (QED) is 0.771. The Hall–Kier alpha value is -1.10. The van der Waals surface area contributed by atoms with E-state index in [-0.39, 0.29) is 0 Å². The van der Waals surface area contributed by atoms with Crippen molar-refractivity contribution >= 4 is 17.9 Å². The second-order valence-electron chi connectivity index (χ2n) is 4.79. The first-order valence-corrected chi connectivity index (χ1v) is 6.85. The third-order valence-electron chi connectivity index (χ3n) is 3.36. The predicted octanol–water partition coefficient (Wildman–Crippen LogP) is 1.78. The van der Waals surface area contributed by atoms with Gasteiger partial charge < -0.3 is 9.64 Å². The maximum atomic E-state index is 10.9. The molecule has 0 saturated carbocycles. The molecule has 19 heavy (non-hydrogen) atoms. The highest BCUT2D eigenvalue weighted by atomic mass is 35.5. The molecule has 0 aliphatic carbocycles. The van der Waals surface area contributed by atoms with E-state index < -0.39 is 0 Å². The van der Waals surface area contributed by atoms with Crippen molar-refractivity contribution in [2.45, 2.75) is 0 Å². The van der Waals surface area contributed by atoms with Gasteiger partial charge in [0.15, 0.2) is 6.29 Å². The topological polar surface area (TPSA) is 32.8 Å². The van der Waals surface area contributed by atoms with Crippen molar-refractivity contribution in [2.75, 3.05) is 46.4 Å². The molecule has 1 heterocycles. The summed E-state index contributed by atoms with van der Waals surface area (Å²) in [4.78, 5) is 15.6. The van der Waals surface area contributed by atoms with Gasteiger partial charge in [-0.1, -0.05) is 11.6 Å². The highest BCUT2D eigenvalue weighted by molar-refractivity contribution is 6.30. The lowest BCUT2D eigenvalue weighted by Crippen LogP contribution is -2.45. The van der Waals surface area contributed by atoms with Crippen LogP contribution in [0.15, 0.2) is 18.2 Å². The van der Waals surface area contributed by atoms with Crippen molar-refractivity contribution in [3.63, 3.8) is 0 Å². The summed E-state index contributed by atoms with van der Waals surface area (Å²) in [5, 5.41) is 0.584. The van der Waals surface area contributed by atoms with Crippen LogP contribution in [0.4, 0.5) is 0 Å². The number of rotatable bonds is 5. The molecule has 1 saturated heterocycles. The Morgan fingerprint density at radius 3 is 2.74 bits per heavy atom. The minimum Gasteiger partial charge on any atom is -0.491 e. The van der Waals surface area contributed by atoms with Gasteiger partial charge in [0.25, 0.3) is 0 Å². The average molecular weight is 283 g/mol. The summed E-state index contributed by atoms with van der Waals surface area (Å²) in [6, 6.07) is 5.06. The van der Waals surface area contributed by atoms with Crippen LogP contribution in [0.1, 0.15) is 10.4 Å². The number of nitrogens with zero attached hydrogens (tertiary/aromatic N) is 2. The standard InChI is InChI=1S/C14H19ClN2O2/c1-16-4-6-17(7-5-16)8-9-19-14-10-13(15)3-2-12(14)11-18/h2-3,10-11H,4-9H2,1H3. The van der Waals surface area contributed by atoms with Crippen LogP contribution in [0.3, 0.4) is 0 Å². The van der Waals surface area contributed by atoms with E-state index in [1.165, 1.54) is 0 Å². The lowest BCUT2D eigenvalue weighted by atomic mass is 10.2. The Bertz CT molecular complexity index is 431. The fourth-order valence-electron chi connectivity index (χ4n) is 2.09. The molecule has 2 rings (SSSR count). The van der Waals surface area contributed by atoms with Gasteiger partial charge in [-0.05, 0) is 25.2 Å². The molecule has 0 radical (unpaired) electrons. The first-order chi connectivity index (χ1) is 9.19. The molecule has 1 aromatic carbocycles. The third kappa shape index (κ3) is 4.20. The van der Waals surface area contributed by atoms with Gasteiger partial charge >= 0.3 is 0 Å². The lowest BCUT2D eigenvalue weighted by Gasteiger charge is -2.32. The van der Waals surface area contributed by atoms with E-state index in [4.69, 9.17) is 16.3 Å². The van der Waals surface area contributed by atoms with E-state index in [1.807, 2.05) is 0 Å². The Labute approximate surface area is 118 Å². The van der Waals surface area contributed by atoms with Gasteiger partial charge in [0, 0.05) is 37.7 Å². The fraction of sp³-hybridized carbons (Fsp3) is 0.500. The molecule has 1 fully saturated rings. The third-order valence-corrected chi connectivity index (χ3v) is 3.60. The summed E-state index contributed by atoms with van der Waals surface area (Å²) >= 11 is 5.91. The van der Waals surface area contributed by atoms with Crippen molar-refractivity contribution in [1.82, 2.24) is 9.80 Å². The number of halogens is 1. The van der Waals surface area contributed by atoms with Crippen LogP contribution in [0.2, 0.25) is 5.02 Å². The number of piperazine rings is 1. The molecule has 4 nitrogen and oxygen atoms in total. The summed E-state index contributed by atoms with van der Waals surface area (Å²) in [6.07, 6.45) is 0.793. The van der Waals surface area contributed by atoms with Gasteiger partial charge in [-0.15, -0.1) is 0 Å². The second-order valence-corrected chi connectivity index (χ2v) is 5.23. The zero-order chi connectivity index (χ0) is 13.7. The monoisotopic (exact) mass is 282 g/mol. The molecule has 104 valence electrons. The summed E-state index contributed by atoms with van der Waals surface area (Å²) in [5.41, 5.74) is 0.544. The SMILES string of the molecule is CN1CCN(CCOc2cc(Cl)ccc2C=O)CC1. The zero-order valence-corrected chi connectivity index (χ0v) is 11.9. The molecule has 1 aliphatic rings. The van der Waals surface area contributed by atoms with Crippen LogP contribution in [0.25, 0.3) is 0 Å². The van der Waals surface area contributed by atoms with E-state index in [2.05, 4.69) is 16.8 Å². The van der Waals surface area contributed by atoms with Crippen molar-refractivity contribution in [2.24, 2.45) is 0 Å². The van der Waals surface area contributed by atoms with Gasteiger partial charge in [-0.25, -0.2) is 0 Å². The van der Waals surface area contributed by atoms with Crippen LogP contribution in [-0.2, 0) is 0 Å². The molecule has 0 atom stereocenters. The molecule has 0 N–H and O–H groups in total. The molecule has 0 bridgehead atoms. The van der Waals surface area contributed by atoms with Crippen molar-refractivity contribution in [3.05, 3.63) is 28.8 Å². The predicted molar refractivity (Wildman–Crippen MR) is 76.3 cm³/mol. The number of likely N-dealkylation sites (N-methyl/N-ethyl adjacent to an activating group) is 1. The summed E-state index contributed by atoms with van der Waals surface area (Å²) in [6.45, 7) is 5.77. The highest BCUT2D eigenvalue weighted by Gasteiger charge is 2.13. The fourth-order valence-corrected chi connectivity index (χ4v) is 2.25. The number of benzene rings is 1. The number of carbonyl (C=O) groups excluding carboxylic acids is 1. The zero-order valence-electron chi connectivity index (χ0n) is 11.1.